The third kappa shape index (κ3) is 5.13. The van der Waals surface area contributed by atoms with Gasteiger partial charge >= 0.3 is 0 Å². The topological polar surface area (TPSA) is 78.6 Å². The number of nitrogens with zero attached hydrogens (tertiary/aromatic N) is 9. The molecule has 2 fully saturated rings. The largest absolute Gasteiger partial charge is 0.356 e. The molecule has 2 aliphatic rings. The van der Waals surface area contributed by atoms with Crippen LogP contribution in [0.25, 0.3) is 16.9 Å². The van der Waals surface area contributed by atoms with Crippen LogP contribution in [0.5, 0.6) is 0 Å². The van der Waals surface area contributed by atoms with Crippen LogP contribution >= 0.6 is 0 Å². The summed E-state index contributed by atoms with van der Waals surface area (Å²) in [5.41, 5.74) is 6.86. The number of aromatic nitrogens is 6. The highest BCUT2D eigenvalue weighted by atomic mass is 15.3. The molecular formula is C29H37N9. The summed E-state index contributed by atoms with van der Waals surface area (Å²) in [5, 5.41) is 4.53. The second-order valence-corrected chi connectivity index (χ2v) is 11.0. The van der Waals surface area contributed by atoms with E-state index in [9.17, 15) is 0 Å². The zero-order valence-corrected chi connectivity index (χ0v) is 22.9. The lowest BCUT2D eigenvalue weighted by Crippen LogP contribution is -2.43. The van der Waals surface area contributed by atoms with Gasteiger partial charge in [0.15, 0.2) is 0 Å². The minimum absolute atomic E-state index is 0.565. The third-order valence-corrected chi connectivity index (χ3v) is 8.14. The first-order valence-electron chi connectivity index (χ1n) is 13.7. The minimum atomic E-state index is 0.565. The molecule has 0 unspecified atom stereocenters. The number of fused-ring (bicyclic) bond motifs is 1. The van der Waals surface area contributed by atoms with Crippen molar-refractivity contribution in [2.75, 3.05) is 51.2 Å². The van der Waals surface area contributed by atoms with Gasteiger partial charge in [-0.15, -0.1) is 0 Å². The highest BCUT2D eigenvalue weighted by molar-refractivity contribution is 5.63. The number of piperazine rings is 1. The van der Waals surface area contributed by atoms with E-state index in [2.05, 4.69) is 69.9 Å². The molecule has 4 aromatic heterocycles. The van der Waals surface area contributed by atoms with Crippen LogP contribution in [0, 0.1) is 26.7 Å². The van der Waals surface area contributed by atoms with Crippen LogP contribution in [-0.4, -0.2) is 85.7 Å². The predicted molar refractivity (Wildman–Crippen MR) is 149 cm³/mol. The summed E-state index contributed by atoms with van der Waals surface area (Å²) in [4.78, 5) is 26.0. The second-order valence-electron chi connectivity index (χ2n) is 11.0. The molecule has 0 aliphatic carbocycles. The summed E-state index contributed by atoms with van der Waals surface area (Å²) in [7, 11) is 2.19. The van der Waals surface area contributed by atoms with Crippen molar-refractivity contribution < 1.29 is 0 Å². The third-order valence-electron chi connectivity index (χ3n) is 8.14. The van der Waals surface area contributed by atoms with Gasteiger partial charge in [-0.05, 0) is 70.3 Å². The summed E-state index contributed by atoms with van der Waals surface area (Å²) in [6.45, 7) is 13.5. The Morgan fingerprint density at radius 3 is 2.34 bits per heavy atom. The van der Waals surface area contributed by atoms with E-state index in [1.165, 1.54) is 5.56 Å². The Morgan fingerprint density at radius 2 is 1.63 bits per heavy atom. The molecule has 0 N–H and O–H groups in total. The van der Waals surface area contributed by atoms with Gasteiger partial charge in [0.05, 0.1) is 5.69 Å². The van der Waals surface area contributed by atoms with Crippen molar-refractivity contribution in [2.24, 2.45) is 5.92 Å². The van der Waals surface area contributed by atoms with Crippen LogP contribution in [0.4, 0.5) is 5.82 Å². The highest BCUT2D eigenvalue weighted by Gasteiger charge is 2.26. The van der Waals surface area contributed by atoms with Gasteiger partial charge in [-0.3, -0.25) is 9.88 Å². The molecule has 38 heavy (non-hydrogen) atoms. The van der Waals surface area contributed by atoms with E-state index < -0.39 is 0 Å². The van der Waals surface area contributed by atoms with Crippen LogP contribution in [0.1, 0.15) is 34.9 Å². The zero-order valence-electron chi connectivity index (χ0n) is 22.9. The summed E-state index contributed by atoms with van der Waals surface area (Å²) in [6.07, 6.45) is 6.12. The lowest BCUT2D eigenvalue weighted by atomic mass is 9.96. The Kier molecular flexibility index (Phi) is 6.80. The molecule has 4 aromatic rings. The van der Waals surface area contributed by atoms with Gasteiger partial charge in [-0.2, -0.15) is 10.1 Å². The second kappa shape index (κ2) is 10.4. The fourth-order valence-corrected chi connectivity index (χ4v) is 5.77. The van der Waals surface area contributed by atoms with E-state index >= 15 is 0 Å². The van der Waals surface area contributed by atoms with Crippen LogP contribution in [0.2, 0.25) is 0 Å². The molecule has 0 bridgehead atoms. The van der Waals surface area contributed by atoms with E-state index in [1.807, 2.05) is 23.8 Å². The molecule has 9 heteroatoms. The Labute approximate surface area is 224 Å². The predicted octanol–water partition coefficient (Wildman–Crippen LogP) is 3.32. The summed E-state index contributed by atoms with van der Waals surface area (Å²) >= 11 is 0. The molecule has 2 saturated heterocycles. The van der Waals surface area contributed by atoms with Crippen molar-refractivity contribution >= 4 is 11.6 Å². The number of aryl methyl sites for hydroxylation is 3. The van der Waals surface area contributed by atoms with Crippen molar-refractivity contribution in [1.29, 1.82) is 0 Å². The van der Waals surface area contributed by atoms with Crippen LogP contribution in [0.15, 0.2) is 36.7 Å². The lowest BCUT2D eigenvalue weighted by Gasteiger charge is -2.32. The number of rotatable bonds is 6. The first kappa shape index (κ1) is 24.9. The van der Waals surface area contributed by atoms with Crippen molar-refractivity contribution in [1.82, 2.24) is 39.3 Å². The molecule has 0 aromatic carbocycles. The molecule has 6 heterocycles. The van der Waals surface area contributed by atoms with Gasteiger partial charge in [0.2, 0.25) is 0 Å². The molecule has 198 valence electrons. The van der Waals surface area contributed by atoms with Crippen LogP contribution in [-0.2, 0) is 13.0 Å². The summed E-state index contributed by atoms with van der Waals surface area (Å²) in [6, 6.07) is 8.65. The van der Waals surface area contributed by atoms with Crippen molar-refractivity contribution in [3.63, 3.8) is 0 Å². The quantitative estimate of drug-likeness (QED) is 0.390. The Balaban J connectivity index is 1.08. The molecule has 0 saturated carbocycles. The van der Waals surface area contributed by atoms with Crippen LogP contribution in [0.3, 0.4) is 0 Å². The summed E-state index contributed by atoms with van der Waals surface area (Å²) < 4.78 is 1.89. The first-order valence-corrected chi connectivity index (χ1v) is 13.7. The highest BCUT2D eigenvalue weighted by Crippen LogP contribution is 2.28. The fraction of sp³-hybridized carbons (Fsp3) is 0.483. The number of pyridine rings is 2. The van der Waals surface area contributed by atoms with Crippen molar-refractivity contribution in [3.8, 4) is 11.1 Å². The monoisotopic (exact) mass is 511 g/mol. The van der Waals surface area contributed by atoms with Gasteiger partial charge in [0.25, 0.3) is 5.78 Å². The van der Waals surface area contributed by atoms with E-state index in [-0.39, 0.29) is 0 Å². The maximum absolute atomic E-state index is 4.83. The maximum Gasteiger partial charge on any atom is 0.252 e. The number of hydrogen-bond acceptors (Lipinski definition) is 8. The van der Waals surface area contributed by atoms with E-state index in [4.69, 9.17) is 15.0 Å². The van der Waals surface area contributed by atoms with E-state index in [0.29, 0.717) is 11.7 Å². The molecule has 9 nitrogen and oxygen atoms in total. The Bertz CT molecular complexity index is 1400. The maximum atomic E-state index is 4.83. The average molecular weight is 512 g/mol. The van der Waals surface area contributed by atoms with Gasteiger partial charge in [0.1, 0.15) is 11.6 Å². The number of anilines is 1. The van der Waals surface area contributed by atoms with Gasteiger partial charge in [-0.25, -0.2) is 14.5 Å². The smallest absolute Gasteiger partial charge is 0.252 e. The van der Waals surface area contributed by atoms with Gasteiger partial charge in [-0.1, -0.05) is 6.07 Å². The molecule has 0 amide bonds. The molecular weight excluding hydrogens is 474 g/mol. The number of hydrogen-bond donors (Lipinski definition) is 0. The van der Waals surface area contributed by atoms with Gasteiger partial charge < -0.3 is 9.80 Å². The molecule has 2 aliphatic heterocycles. The average Bonchev–Trinajstić information content (AvgIpc) is 3.55. The standard InChI is InChI=1S/C29H37N9/c1-20-27(21(2)38-29(32-20)33-22(3)34-38)15-23-9-10-37(18-23)28-8-6-25(17-31-28)24-5-7-26(30-16-24)19-36-13-11-35(4)12-14-36/h5-8,16-17,23H,9-15,18-19H2,1-4H3/t23-/m0/s1. The fourth-order valence-electron chi connectivity index (χ4n) is 5.77. The molecule has 1 atom stereocenters. The molecule has 6 rings (SSSR count). The number of likely N-dealkylation sites (N-methyl/N-ethyl adjacent to an activating group) is 1. The molecule has 0 radical (unpaired) electrons. The zero-order chi connectivity index (χ0) is 26.2. The van der Waals surface area contributed by atoms with E-state index in [0.717, 1.165) is 98.5 Å². The van der Waals surface area contributed by atoms with Crippen molar-refractivity contribution in [2.45, 2.75) is 40.2 Å². The van der Waals surface area contributed by atoms with E-state index in [1.54, 1.807) is 0 Å². The van der Waals surface area contributed by atoms with Gasteiger partial charge in [0, 0.05) is 80.7 Å². The Hall–Kier alpha value is -3.43. The first-order chi connectivity index (χ1) is 18.4. The SMILES string of the molecule is Cc1nc2nc(C)c(C[C@@H]3CCN(c4ccc(-c5ccc(CN6CCN(C)CC6)nc5)cn4)C3)c(C)n2n1. The Morgan fingerprint density at radius 1 is 0.868 bits per heavy atom. The molecule has 0 spiro atoms. The van der Waals surface area contributed by atoms with Crippen molar-refractivity contribution in [3.05, 3.63) is 65.1 Å². The lowest BCUT2D eigenvalue weighted by molar-refractivity contribution is 0.147. The summed E-state index contributed by atoms with van der Waals surface area (Å²) in [5.74, 6) is 3.06. The minimum Gasteiger partial charge on any atom is -0.356 e. The normalized spacial score (nSPS) is 19.1. The van der Waals surface area contributed by atoms with Crippen LogP contribution < -0.4 is 4.90 Å².